The number of rotatable bonds is 8. The first-order valence-electron chi connectivity index (χ1n) is 15.4. The van der Waals surface area contributed by atoms with E-state index in [4.69, 9.17) is 15.5 Å². The largest absolute Gasteiger partial charge is 0.460 e. The number of amides is 1. The third-order valence-electron chi connectivity index (χ3n) is 8.73. The Labute approximate surface area is 244 Å². The third-order valence-corrected chi connectivity index (χ3v) is 8.73. The summed E-state index contributed by atoms with van der Waals surface area (Å²) in [5.41, 5.74) is 7.47. The number of esters is 1. The van der Waals surface area contributed by atoms with Crippen LogP contribution >= 0.6 is 0 Å². The van der Waals surface area contributed by atoms with E-state index in [1.807, 2.05) is 20.8 Å². The van der Waals surface area contributed by atoms with E-state index >= 15 is 0 Å². The third kappa shape index (κ3) is 7.76. The number of ether oxygens (including phenoxy) is 1. The molecule has 0 bridgehead atoms. The Morgan fingerprint density at radius 2 is 1.71 bits per heavy atom. The Morgan fingerprint density at radius 3 is 2.37 bits per heavy atom. The van der Waals surface area contributed by atoms with Crippen LogP contribution in [0.2, 0.25) is 0 Å². The summed E-state index contributed by atoms with van der Waals surface area (Å²) >= 11 is 0. The number of hydrogen-bond donors (Lipinski definition) is 2. The summed E-state index contributed by atoms with van der Waals surface area (Å²) in [6.07, 6.45) is 11.8. The predicted octanol–water partition coefficient (Wildman–Crippen LogP) is 5.39. The van der Waals surface area contributed by atoms with E-state index in [1.165, 1.54) is 57.2 Å². The van der Waals surface area contributed by atoms with E-state index in [0.717, 1.165) is 31.1 Å². The Morgan fingerprint density at radius 1 is 1.00 bits per heavy atom. The maximum Gasteiger partial charge on any atom is 0.306 e. The molecule has 5 rings (SSSR count). The van der Waals surface area contributed by atoms with Crippen molar-refractivity contribution in [1.29, 1.82) is 0 Å². The zero-order valence-corrected chi connectivity index (χ0v) is 24.9. The molecule has 3 N–H and O–H groups in total. The highest BCUT2D eigenvalue weighted by Crippen LogP contribution is 2.33. The number of hydrogen-bond acceptors (Lipinski definition) is 8. The molecule has 1 atom stereocenters. The lowest BCUT2D eigenvalue weighted by atomic mass is 9.88. The zero-order chi connectivity index (χ0) is 29.0. The minimum absolute atomic E-state index is 0.111. The molecule has 1 aliphatic carbocycles. The van der Waals surface area contributed by atoms with Crippen molar-refractivity contribution < 1.29 is 14.3 Å². The summed E-state index contributed by atoms with van der Waals surface area (Å²) in [7, 11) is 0. The van der Waals surface area contributed by atoms with Gasteiger partial charge in [-0.2, -0.15) is 0 Å². The zero-order valence-electron chi connectivity index (χ0n) is 24.9. The van der Waals surface area contributed by atoms with Crippen LogP contribution in [-0.4, -0.2) is 64.6 Å². The van der Waals surface area contributed by atoms with Gasteiger partial charge in [0.25, 0.3) is 5.91 Å². The van der Waals surface area contributed by atoms with Gasteiger partial charge >= 0.3 is 5.97 Å². The molecular weight excluding hydrogens is 516 g/mol. The van der Waals surface area contributed by atoms with Crippen LogP contribution in [-0.2, 0) is 9.53 Å². The van der Waals surface area contributed by atoms with Crippen molar-refractivity contribution in [3.8, 4) is 0 Å². The Balaban J connectivity index is 1.22. The Hall–Kier alpha value is -3.20. The fourth-order valence-electron chi connectivity index (χ4n) is 6.70. The molecule has 1 saturated carbocycles. The van der Waals surface area contributed by atoms with Gasteiger partial charge in [0.1, 0.15) is 11.4 Å². The molecule has 2 saturated heterocycles. The fourth-order valence-corrected chi connectivity index (χ4v) is 6.70. The van der Waals surface area contributed by atoms with Crippen LogP contribution in [0.1, 0.15) is 101 Å². The van der Waals surface area contributed by atoms with Crippen LogP contribution in [0.4, 0.5) is 17.3 Å². The molecule has 3 heterocycles. The minimum Gasteiger partial charge on any atom is -0.460 e. The number of nitrogens with two attached hydrogens (primary N) is 1. The van der Waals surface area contributed by atoms with Gasteiger partial charge in [0.2, 0.25) is 0 Å². The molecule has 222 valence electrons. The predicted molar refractivity (Wildman–Crippen MR) is 161 cm³/mol. The van der Waals surface area contributed by atoms with Gasteiger partial charge in [-0.3, -0.25) is 9.59 Å². The lowest BCUT2D eigenvalue weighted by Gasteiger charge is -2.36. The summed E-state index contributed by atoms with van der Waals surface area (Å²) in [6, 6.07) is 9.28. The lowest BCUT2D eigenvalue weighted by molar-refractivity contribution is -0.156. The van der Waals surface area contributed by atoms with Crippen molar-refractivity contribution in [2.45, 2.75) is 96.1 Å². The molecule has 3 fully saturated rings. The average Bonchev–Trinajstić information content (AvgIpc) is 3.48. The number of benzene rings is 1. The fraction of sp³-hybridized carbons (Fsp3) is 0.625. The van der Waals surface area contributed by atoms with Gasteiger partial charge in [0.05, 0.1) is 12.6 Å². The molecule has 0 radical (unpaired) electrons. The van der Waals surface area contributed by atoms with Gasteiger partial charge in [-0.15, -0.1) is 0 Å². The molecule has 1 aromatic carbocycles. The number of nitrogens with zero attached hydrogens (tertiary/aromatic N) is 4. The van der Waals surface area contributed by atoms with Gasteiger partial charge in [0.15, 0.2) is 11.5 Å². The Kier molecular flexibility index (Phi) is 9.12. The van der Waals surface area contributed by atoms with Crippen molar-refractivity contribution in [2.75, 3.05) is 36.4 Å². The maximum atomic E-state index is 12.4. The first-order chi connectivity index (χ1) is 19.6. The molecule has 2 aliphatic heterocycles. The topological polar surface area (TPSA) is 114 Å². The quantitative estimate of drug-likeness (QED) is 0.412. The van der Waals surface area contributed by atoms with Gasteiger partial charge in [0, 0.05) is 24.8 Å². The molecule has 2 aromatic rings. The van der Waals surface area contributed by atoms with Crippen LogP contribution in [0.15, 0.2) is 30.5 Å². The second-order valence-corrected chi connectivity index (χ2v) is 13.0. The summed E-state index contributed by atoms with van der Waals surface area (Å²) in [5.74, 6) is 0.964. The molecule has 9 nitrogen and oxygen atoms in total. The average molecular weight is 563 g/mol. The van der Waals surface area contributed by atoms with E-state index in [1.54, 1.807) is 6.20 Å². The van der Waals surface area contributed by atoms with Crippen molar-refractivity contribution >= 4 is 29.2 Å². The second-order valence-electron chi connectivity index (χ2n) is 13.0. The smallest absolute Gasteiger partial charge is 0.306 e. The summed E-state index contributed by atoms with van der Waals surface area (Å²) in [5, 5.41) is 3.29. The van der Waals surface area contributed by atoms with Crippen LogP contribution in [0.25, 0.3) is 0 Å². The molecule has 1 aromatic heterocycles. The number of carbonyl (C=O) groups excluding carboxylic acids is 2. The normalized spacial score (nSPS) is 21.1. The number of primary amides is 1. The van der Waals surface area contributed by atoms with Gasteiger partial charge in [-0.05, 0) is 102 Å². The van der Waals surface area contributed by atoms with Crippen molar-refractivity contribution in [3.63, 3.8) is 0 Å². The SMILES string of the molecule is CC(C)(C)OC(=O)C[C@@H]1CCCN(c2cnc(C(N)=O)c(Nc3ccc(C4CCN(C5CCCC5)CC4)cc3)n2)C1. The van der Waals surface area contributed by atoms with E-state index in [2.05, 4.69) is 44.4 Å². The number of piperidine rings is 2. The summed E-state index contributed by atoms with van der Waals surface area (Å²) in [6.45, 7) is 9.52. The van der Waals surface area contributed by atoms with E-state index < -0.39 is 11.5 Å². The number of anilines is 3. The van der Waals surface area contributed by atoms with Gasteiger partial charge in [-0.1, -0.05) is 25.0 Å². The first kappa shape index (κ1) is 29.3. The summed E-state index contributed by atoms with van der Waals surface area (Å²) in [4.78, 5) is 38.6. The molecule has 0 spiro atoms. The molecule has 41 heavy (non-hydrogen) atoms. The standard InChI is InChI=1S/C32H46N6O3/c1-32(2,3)41-28(39)19-22-7-6-16-38(21-22)27-20-34-29(30(33)40)31(36-27)35-25-12-10-23(11-13-25)24-14-17-37(18-15-24)26-8-4-5-9-26/h10-13,20,22,24,26H,4-9,14-19,21H2,1-3H3,(H2,33,40)(H,35,36)/t22-/m0/s1. The number of nitrogens with one attached hydrogen (secondary N) is 1. The maximum absolute atomic E-state index is 12.4. The second kappa shape index (κ2) is 12.8. The van der Waals surface area contributed by atoms with Crippen LogP contribution in [0, 0.1) is 5.92 Å². The van der Waals surface area contributed by atoms with Crippen LogP contribution in [0.3, 0.4) is 0 Å². The van der Waals surface area contributed by atoms with E-state index in [-0.39, 0.29) is 17.6 Å². The highest BCUT2D eigenvalue weighted by Gasteiger charge is 2.29. The number of aromatic nitrogens is 2. The van der Waals surface area contributed by atoms with Crippen molar-refractivity contribution in [1.82, 2.24) is 14.9 Å². The number of likely N-dealkylation sites (tertiary alicyclic amines) is 1. The summed E-state index contributed by atoms with van der Waals surface area (Å²) < 4.78 is 5.53. The monoisotopic (exact) mass is 562 g/mol. The van der Waals surface area contributed by atoms with E-state index in [0.29, 0.717) is 30.5 Å². The Bertz CT molecular complexity index is 1200. The molecular formula is C32H46N6O3. The van der Waals surface area contributed by atoms with Gasteiger partial charge < -0.3 is 25.6 Å². The van der Waals surface area contributed by atoms with Crippen LogP contribution < -0.4 is 16.0 Å². The lowest BCUT2D eigenvalue weighted by Crippen LogP contribution is -2.39. The molecule has 3 aliphatic rings. The molecule has 1 amide bonds. The highest BCUT2D eigenvalue weighted by molar-refractivity contribution is 5.96. The van der Waals surface area contributed by atoms with Crippen molar-refractivity contribution in [2.24, 2.45) is 11.7 Å². The van der Waals surface area contributed by atoms with Crippen LogP contribution in [0.5, 0.6) is 0 Å². The number of carbonyl (C=O) groups is 2. The van der Waals surface area contributed by atoms with E-state index in [9.17, 15) is 9.59 Å². The minimum atomic E-state index is -0.626. The van der Waals surface area contributed by atoms with Crippen molar-refractivity contribution in [3.05, 3.63) is 41.7 Å². The molecule has 9 heteroatoms. The first-order valence-corrected chi connectivity index (χ1v) is 15.4. The van der Waals surface area contributed by atoms with Gasteiger partial charge in [-0.25, -0.2) is 9.97 Å². The highest BCUT2D eigenvalue weighted by atomic mass is 16.6. The molecule has 0 unspecified atom stereocenters.